The van der Waals surface area contributed by atoms with Gasteiger partial charge in [0.15, 0.2) is 0 Å². The van der Waals surface area contributed by atoms with Crippen LogP contribution >= 0.6 is 0 Å². The SMILES string of the molecule is COCCN(CC(C)C(=O)O)C(=O)C(C)(C)C. The van der Waals surface area contributed by atoms with Gasteiger partial charge in [0.05, 0.1) is 12.5 Å². The lowest BCUT2D eigenvalue weighted by atomic mass is 9.94. The average Bonchev–Trinajstić information content (AvgIpc) is 2.21. The molecule has 0 aliphatic heterocycles. The molecular formula is C12H23NO4. The lowest BCUT2D eigenvalue weighted by Gasteiger charge is -2.30. The average molecular weight is 245 g/mol. The van der Waals surface area contributed by atoms with Gasteiger partial charge in [-0.3, -0.25) is 9.59 Å². The van der Waals surface area contributed by atoms with Crippen LogP contribution in [0.3, 0.4) is 0 Å². The summed E-state index contributed by atoms with van der Waals surface area (Å²) in [5.74, 6) is -1.52. The first-order valence-electron chi connectivity index (χ1n) is 5.71. The smallest absolute Gasteiger partial charge is 0.308 e. The van der Waals surface area contributed by atoms with E-state index in [0.29, 0.717) is 13.2 Å². The summed E-state index contributed by atoms with van der Waals surface area (Å²) in [6.45, 7) is 8.10. The van der Waals surface area contributed by atoms with Crippen molar-refractivity contribution in [2.24, 2.45) is 11.3 Å². The van der Waals surface area contributed by atoms with Gasteiger partial charge in [0.25, 0.3) is 0 Å². The summed E-state index contributed by atoms with van der Waals surface area (Å²) < 4.78 is 4.94. The van der Waals surface area contributed by atoms with Gasteiger partial charge in [-0.1, -0.05) is 27.7 Å². The molecule has 0 radical (unpaired) electrons. The summed E-state index contributed by atoms with van der Waals surface area (Å²) in [7, 11) is 1.56. The number of nitrogens with zero attached hydrogens (tertiary/aromatic N) is 1. The van der Waals surface area contributed by atoms with E-state index >= 15 is 0 Å². The highest BCUT2D eigenvalue weighted by Gasteiger charge is 2.29. The van der Waals surface area contributed by atoms with Gasteiger partial charge in [0.2, 0.25) is 5.91 Å². The van der Waals surface area contributed by atoms with Crippen LogP contribution in [0.2, 0.25) is 0 Å². The Morgan fingerprint density at radius 3 is 2.24 bits per heavy atom. The molecule has 0 aliphatic rings. The van der Waals surface area contributed by atoms with E-state index in [0.717, 1.165) is 0 Å². The van der Waals surface area contributed by atoms with Gasteiger partial charge < -0.3 is 14.7 Å². The van der Waals surface area contributed by atoms with Crippen LogP contribution in [0.4, 0.5) is 0 Å². The van der Waals surface area contributed by atoms with Crippen LogP contribution in [0, 0.1) is 11.3 Å². The molecule has 0 saturated carbocycles. The predicted octanol–water partition coefficient (Wildman–Crippen LogP) is 1.23. The van der Waals surface area contributed by atoms with E-state index in [-0.39, 0.29) is 12.5 Å². The quantitative estimate of drug-likeness (QED) is 0.764. The lowest BCUT2D eigenvalue weighted by molar-refractivity contribution is -0.145. The van der Waals surface area contributed by atoms with Crippen LogP contribution < -0.4 is 0 Å². The molecule has 1 amide bonds. The van der Waals surface area contributed by atoms with Gasteiger partial charge in [-0.25, -0.2) is 0 Å². The number of carbonyl (C=O) groups is 2. The van der Waals surface area contributed by atoms with Crippen molar-refractivity contribution in [1.82, 2.24) is 4.90 Å². The van der Waals surface area contributed by atoms with Crippen LogP contribution in [0.1, 0.15) is 27.7 Å². The minimum atomic E-state index is -0.894. The summed E-state index contributed by atoms with van der Waals surface area (Å²) in [6.07, 6.45) is 0. The third-order valence-electron chi connectivity index (χ3n) is 2.41. The number of hydrogen-bond acceptors (Lipinski definition) is 3. The Labute approximate surface area is 103 Å². The summed E-state index contributed by atoms with van der Waals surface area (Å²) in [5, 5.41) is 8.87. The minimum Gasteiger partial charge on any atom is -0.481 e. The molecule has 17 heavy (non-hydrogen) atoms. The summed E-state index contributed by atoms with van der Waals surface area (Å²) >= 11 is 0. The zero-order valence-corrected chi connectivity index (χ0v) is 11.3. The van der Waals surface area contributed by atoms with Gasteiger partial charge in [0.1, 0.15) is 0 Å². The van der Waals surface area contributed by atoms with Crippen molar-refractivity contribution in [3.05, 3.63) is 0 Å². The first-order chi connectivity index (χ1) is 7.70. The highest BCUT2D eigenvalue weighted by Crippen LogP contribution is 2.18. The lowest BCUT2D eigenvalue weighted by Crippen LogP contribution is -2.44. The zero-order chi connectivity index (χ0) is 13.6. The topological polar surface area (TPSA) is 66.8 Å². The molecular weight excluding hydrogens is 222 g/mol. The third kappa shape index (κ3) is 5.68. The fourth-order valence-corrected chi connectivity index (χ4v) is 1.36. The number of amides is 1. The normalized spacial score (nSPS) is 13.2. The first kappa shape index (κ1) is 15.9. The maximum atomic E-state index is 12.1. The molecule has 0 aliphatic carbocycles. The van der Waals surface area contributed by atoms with Crippen LogP contribution in [0.15, 0.2) is 0 Å². The van der Waals surface area contributed by atoms with Crippen molar-refractivity contribution >= 4 is 11.9 Å². The number of methoxy groups -OCH3 is 1. The van der Waals surface area contributed by atoms with E-state index in [4.69, 9.17) is 9.84 Å². The van der Waals surface area contributed by atoms with Crippen LogP contribution in [-0.2, 0) is 14.3 Å². The van der Waals surface area contributed by atoms with Gasteiger partial charge >= 0.3 is 5.97 Å². The first-order valence-corrected chi connectivity index (χ1v) is 5.71. The largest absolute Gasteiger partial charge is 0.481 e. The van der Waals surface area contributed by atoms with E-state index in [1.54, 1.807) is 18.9 Å². The number of hydrogen-bond donors (Lipinski definition) is 1. The second-order valence-electron chi connectivity index (χ2n) is 5.23. The Bertz CT molecular complexity index is 270. The Hall–Kier alpha value is -1.10. The fraction of sp³-hybridized carbons (Fsp3) is 0.833. The predicted molar refractivity (Wildman–Crippen MR) is 64.7 cm³/mol. The zero-order valence-electron chi connectivity index (χ0n) is 11.3. The second kappa shape index (κ2) is 6.59. The van der Waals surface area contributed by atoms with Crippen LogP contribution in [-0.4, -0.2) is 48.7 Å². The van der Waals surface area contributed by atoms with Crippen molar-refractivity contribution < 1.29 is 19.4 Å². The van der Waals surface area contributed by atoms with Crippen molar-refractivity contribution in [2.45, 2.75) is 27.7 Å². The second-order valence-corrected chi connectivity index (χ2v) is 5.23. The third-order valence-corrected chi connectivity index (χ3v) is 2.41. The number of rotatable bonds is 6. The molecule has 0 bridgehead atoms. The minimum absolute atomic E-state index is 0.0531. The number of aliphatic carboxylic acids is 1. The van der Waals surface area contributed by atoms with E-state index in [1.807, 2.05) is 20.8 Å². The summed E-state index contributed by atoms with van der Waals surface area (Å²) in [6, 6.07) is 0. The molecule has 5 nitrogen and oxygen atoms in total. The molecule has 1 atom stereocenters. The number of carbonyl (C=O) groups excluding carboxylic acids is 1. The molecule has 0 aromatic heterocycles. The summed E-state index contributed by atoms with van der Waals surface area (Å²) in [4.78, 5) is 24.5. The van der Waals surface area contributed by atoms with Crippen molar-refractivity contribution in [3.63, 3.8) is 0 Å². The Morgan fingerprint density at radius 1 is 1.35 bits per heavy atom. The molecule has 5 heteroatoms. The molecule has 0 spiro atoms. The van der Waals surface area contributed by atoms with Gasteiger partial charge in [-0.05, 0) is 0 Å². The van der Waals surface area contributed by atoms with E-state index in [9.17, 15) is 9.59 Å². The molecule has 1 unspecified atom stereocenters. The molecule has 0 fully saturated rings. The molecule has 100 valence electrons. The fourth-order valence-electron chi connectivity index (χ4n) is 1.36. The maximum Gasteiger partial charge on any atom is 0.308 e. The van der Waals surface area contributed by atoms with E-state index in [1.165, 1.54) is 0 Å². The van der Waals surface area contributed by atoms with Gasteiger partial charge in [-0.2, -0.15) is 0 Å². The van der Waals surface area contributed by atoms with Crippen LogP contribution in [0.25, 0.3) is 0 Å². The summed E-state index contributed by atoms with van der Waals surface area (Å²) in [5.41, 5.74) is -0.508. The molecule has 1 N–H and O–H groups in total. The van der Waals surface area contributed by atoms with E-state index < -0.39 is 17.3 Å². The van der Waals surface area contributed by atoms with Crippen molar-refractivity contribution in [1.29, 1.82) is 0 Å². The monoisotopic (exact) mass is 245 g/mol. The van der Waals surface area contributed by atoms with E-state index in [2.05, 4.69) is 0 Å². The Morgan fingerprint density at radius 2 is 1.88 bits per heavy atom. The van der Waals surface area contributed by atoms with Gasteiger partial charge in [0, 0.05) is 25.6 Å². The number of carboxylic acids is 1. The van der Waals surface area contributed by atoms with Crippen molar-refractivity contribution in [2.75, 3.05) is 26.8 Å². The maximum absolute atomic E-state index is 12.1. The number of carboxylic acid groups (broad SMARTS) is 1. The highest BCUT2D eigenvalue weighted by molar-refractivity contribution is 5.82. The van der Waals surface area contributed by atoms with Gasteiger partial charge in [-0.15, -0.1) is 0 Å². The number of ether oxygens (including phenoxy) is 1. The Kier molecular flexibility index (Phi) is 6.16. The molecule has 0 aromatic carbocycles. The molecule has 0 saturated heterocycles. The van der Waals surface area contributed by atoms with Crippen LogP contribution in [0.5, 0.6) is 0 Å². The Balaban J connectivity index is 4.64. The molecule has 0 rings (SSSR count). The standard InChI is InChI=1S/C12H23NO4/c1-9(10(14)15)8-13(6-7-17-5)11(16)12(2,3)4/h9H,6-8H2,1-5H3,(H,14,15). The molecule has 0 aromatic rings. The highest BCUT2D eigenvalue weighted by atomic mass is 16.5. The van der Waals surface area contributed by atoms with Crippen molar-refractivity contribution in [3.8, 4) is 0 Å². The molecule has 0 heterocycles.